The highest BCUT2D eigenvalue weighted by Crippen LogP contribution is 2.35. The molecule has 4 heteroatoms. The molecule has 1 aliphatic rings. The average Bonchev–Trinajstić information content (AvgIpc) is 2.96. The Balaban J connectivity index is 1.58. The van der Waals surface area contributed by atoms with Crippen LogP contribution in [0.3, 0.4) is 0 Å². The zero-order valence-corrected chi connectivity index (χ0v) is 14.0. The fourth-order valence-corrected chi connectivity index (χ4v) is 4.02. The molecule has 1 aromatic carbocycles. The van der Waals surface area contributed by atoms with Crippen molar-refractivity contribution in [2.24, 2.45) is 0 Å². The summed E-state index contributed by atoms with van der Waals surface area (Å²) in [5.74, 6) is 0.617. The second-order valence-corrected chi connectivity index (χ2v) is 7.18. The van der Waals surface area contributed by atoms with Gasteiger partial charge in [0.15, 0.2) is 0 Å². The van der Waals surface area contributed by atoms with Gasteiger partial charge in [-0.25, -0.2) is 0 Å². The third-order valence-electron chi connectivity index (χ3n) is 4.18. The lowest BCUT2D eigenvalue weighted by Crippen LogP contribution is -2.03. The smallest absolute Gasteiger partial charge is 0.209 e. The first-order chi connectivity index (χ1) is 10.7. The molecule has 0 radical (unpaired) electrons. The molecule has 0 bridgehead atoms. The zero-order valence-electron chi connectivity index (χ0n) is 13.1. The van der Waals surface area contributed by atoms with Crippen LogP contribution in [-0.4, -0.2) is 10.2 Å². The van der Waals surface area contributed by atoms with Crippen LogP contribution < -0.4 is 5.32 Å². The second kappa shape index (κ2) is 7.05. The monoisotopic (exact) mass is 313 g/mol. The number of nitrogens with one attached hydrogen (secondary N) is 1. The maximum absolute atomic E-state index is 4.38. The van der Waals surface area contributed by atoms with Crippen LogP contribution in [0.25, 0.3) is 0 Å². The lowest BCUT2D eigenvalue weighted by Gasteiger charge is -2.18. The Labute approximate surface area is 136 Å². The fourth-order valence-electron chi connectivity index (χ4n) is 3.06. The summed E-state index contributed by atoms with van der Waals surface area (Å²) in [6.07, 6.45) is 7.37. The van der Waals surface area contributed by atoms with E-state index in [9.17, 15) is 0 Å². The van der Waals surface area contributed by atoms with Gasteiger partial charge in [0.05, 0.1) is 0 Å². The summed E-state index contributed by atoms with van der Waals surface area (Å²) in [5.41, 5.74) is 3.52. The van der Waals surface area contributed by atoms with Gasteiger partial charge in [-0.2, -0.15) is 0 Å². The third-order valence-corrected chi connectivity index (χ3v) is 5.18. The zero-order chi connectivity index (χ0) is 15.4. The SMILES string of the molecule is C=C(Cc1cccc(C)c1)Nc1nnc(C2CCCCC2)s1. The highest BCUT2D eigenvalue weighted by Gasteiger charge is 2.19. The Bertz CT molecular complexity index is 641. The molecule has 0 atom stereocenters. The lowest BCUT2D eigenvalue weighted by molar-refractivity contribution is 0.440. The van der Waals surface area contributed by atoms with E-state index in [4.69, 9.17) is 0 Å². The van der Waals surface area contributed by atoms with Gasteiger partial charge in [0.25, 0.3) is 0 Å². The topological polar surface area (TPSA) is 37.8 Å². The molecule has 1 aliphatic carbocycles. The normalized spacial score (nSPS) is 15.7. The highest BCUT2D eigenvalue weighted by molar-refractivity contribution is 7.15. The Morgan fingerprint density at radius 1 is 1.27 bits per heavy atom. The van der Waals surface area contributed by atoms with Gasteiger partial charge in [-0.1, -0.05) is 67.0 Å². The number of aryl methyl sites for hydroxylation is 1. The Hall–Kier alpha value is -1.68. The van der Waals surface area contributed by atoms with Gasteiger partial charge < -0.3 is 5.32 Å². The minimum absolute atomic E-state index is 0.617. The Kier molecular flexibility index (Phi) is 4.88. The number of hydrogen-bond donors (Lipinski definition) is 1. The molecule has 1 saturated carbocycles. The van der Waals surface area contributed by atoms with Crippen LogP contribution in [0.4, 0.5) is 5.13 Å². The first kappa shape index (κ1) is 15.2. The van der Waals surface area contributed by atoms with Crippen molar-refractivity contribution in [3.63, 3.8) is 0 Å². The van der Waals surface area contributed by atoms with Gasteiger partial charge in [0.2, 0.25) is 5.13 Å². The average molecular weight is 313 g/mol. The van der Waals surface area contributed by atoms with E-state index in [1.54, 1.807) is 11.3 Å². The molecule has 1 N–H and O–H groups in total. The van der Waals surface area contributed by atoms with Crippen LogP contribution in [0.15, 0.2) is 36.5 Å². The largest absolute Gasteiger partial charge is 0.334 e. The molecule has 116 valence electrons. The molecule has 3 rings (SSSR count). The summed E-state index contributed by atoms with van der Waals surface area (Å²) >= 11 is 1.69. The van der Waals surface area contributed by atoms with Gasteiger partial charge in [-0.15, -0.1) is 10.2 Å². The maximum Gasteiger partial charge on any atom is 0.209 e. The van der Waals surface area contributed by atoms with Crippen LogP contribution in [-0.2, 0) is 6.42 Å². The Morgan fingerprint density at radius 3 is 2.86 bits per heavy atom. The number of anilines is 1. The summed E-state index contributed by atoms with van der Waals surface area (Å²) in [7, 11) is 0. The molecular weight excluding hydrogens is 290 g/mol. The molecule has 0 unspecified atom stereocenters. The number of hydrogen-bond acceptors (Lipinski definition) is 4. The van der Waals surface area contributed by atoms with Crippen LogP contribution in [0.5, 0.6) is 0 Å². The van der Waals surface area contributed by atoms with Gasteiger partial charge in [-0.3, -0.25) is 0 Å². The number of rotatable bonds is 5. The van der Waals surface area contributed by atoms with Crippen LogP contribution in [0, 0.1) is 6.92 Å². The Morgan fingerprint density at radius 2 is 2.09 bits per heavy atom. The molecule has 0 spiro atoms. The minimum atomic E-state index is 0.617. The first-order valence-electron chi connectivity index (χ1n) is 8.04. The van der Waals surface area contributed by atoms with Gasteiger partial charge in [0, 0.05) is 18.0 Å². The van der Waals surface area contributed by atoms with Crippen molar-refractivity contribution in [1.29, 1.82) is 0 Å². The molecule has 1 aromatic heterocycles. The molecule has 1 heterocycles. The van der Waals surface area contributed by atoms with E-state index in [2.05, 4.69) is 53.3 Å². The summed E-state index contributed by atoms with van der Waals surface area (Å²) in [6, 6.07) is 8.53. The summed E-state index contributed by atoms with van der Waals surface area (Å²) in [5, 5.41) is 14.0. The van der Waals surface area contributed by atoms with E-state index < -0.39 is 0 Å². The number of nitrogens with zero attached hydrogens (tertiary/aromatic N) is 2. The van der Waals surface area contributed by atoms with E-state index in [-0.39, 0.29) is 0 Å². The molecule has 22 heavy (non-hydrogen) atoms. The van der Waals surface area contributed by atoms with E-state index >= 15 is 0 Å². The number of benzene rings is 1. The van der Waals surface area contributed by atoms with E-state index in [1.165, 1.54) is 48.2 Å². The molecule has 3 nitrogen and oxygen atoms in total. The van der Waals surface area contributed by atoms with Gasteiger partial charge in [-0.05, 0) is 25.3 Å². The van der Waals surface area contributed by atoms with Crippen LogP contribution >= 0.6 is 11.3 Å². The van der Waals surface area contributed by atoms with Crippen LogP contribution in [0.1, 0.15) is 54.2 Å². The molecule has 2 aromatic rings. The molecule has 0 amide bonds. The van der Waals surface area contributed by atoms with Crippen molar-refractivity contribution in [2.45, 2.75) is 51.4 Å². The van der Waals surface area contributed by atoms with Crippen molar-refractivity contribution < 1.29 is 0 Å². The maximum atomic E-state index is 4.38. The number of allylic oxidation sites excluding steroid dienone is 1. The minimum Gasteiger partial charge on any atom is -0.334 e. The van der Waals surface area contributed by atoms with Gasteiger partial charge in [0.1, 0.15) is 5.01 Å². The van der Waals surface area contributed by atoms with E-state index in [0.29, 0.717) is 5.92 Å². The highest BCUT2D eigenvalue weighted by atomic mass is 32.1. The first-order valence-corrected chi connectivity index (χ1v) is 8.86. The summed E-state index contributed by atoms with van der Waals surface area (Å²) in [4.78, 5) is 0. The summed E-state index contributed by atoms with van der Waals surface area (Å²) < 4.78 is 0. The van der Waals surface area contributed by atoms with Crippen molar-refractivity contribution in [2.75, 3.05) is 5.32 Å². The molecule has 0 aliphatic heterocycles. The lowest BCUT2D eigenvalue weighted by atomic mass is 9.90. The second-order valence-electron chi connectivity index (χ2n) is 6.17. The predicted molar refractivity (Wildman–Crippen MR) is 93.4 cm³/mol. The number of aromatic nitrogens is 2. The fraction of sp³-hybridized carbons (Fsp3) is 0.444. The third kappa shape index (κ3) is 3.95. The quantitative estimate of drug-likeness (QED) is 0.838. The standard InChI is InChI=1S/C18H23N3S/c1-13-7-6-8-15(11-13)12-14(2)19-18-21-20-17(22-18)16-9-4-3-5-10-16/h6-8,11,16H,2-5,9-10,12H2,1H3,(H,19,21). The van der Waals surface area contributed by atoms with Crippen molar-refractivity contribution >= 4 is 16.5 Å². The van der Waals surface area contributed by atoms with E-state index in [1.807, 2.05) is 0 Å². The van der Waals surface area contributed by atoms with Gasteiger partial charge >= 0.3 is 0 Å². The predicted octanol–water partition coefficient (Wildman–Crippen LogP) is 5.06. The summed E-state index contributed by atoms with van der Waals surface area (Å²) in [6.45, 7) is 6.24. The van der Waals surface area contributed by atoms with Crippen molar-refractivity contribution in [3.05, 3.63) is 52.7 Å². The van der Waals surface area contributed by atoms with Crippen molar-refractivity contribution in [1.82, 2.24) is 10.2 Å². The molecule has 1 fully saturated rings. The van der Waals surface area contributed by atoms with E-state index in [0.717, 1.165) is 17.2 Å². The van der Waals surface area contributed by atoms with Crippen LogP contribution in [0.2, 0.25) is 0 Å². The molecular formula is C18H23N3S. The van der Waals surface area contributed by atoms with Crippen molar-refractivity contribution in [3.8, 4) is 0 Å². The molecule has 0 saturated heterocycles.